The summed E-state index contributed by atoms with van der Waals surface area (Å²) < 4.78 is 19.5. The van der Waals surface area contributed by atoms with Gasteiger partial charge in [0.15, 0.2) is 0 Å². The topological polar surface area (TPSA) is 65.7 Å². The van der Waals surface area contributed by atoms with E-state index in [2.05, 4.69) is 4.99 Å². The van der Waals surface area contributed by atoms with Gasteiger partial charge in [-0.1, -0.05) is 23.7 Å². The summed E-state index contributed by atoms with van der Waals surface area (Å²) in [5, 5.41) is 9.01. The molecule has 0 saturated heterocycles. The predicted molar refractivity (Wildman–Crippen MR) is 97.1 cm³/mol. The van der Waals surface area contributed by atoms with Crippen LogP contribution in [0.25, 0.3) is 0 Å². The molecule has 1 heterocycles. The van der Waals surface area contributed by atoms with E-state index in [1.807, 2.05) is 6.07 Å². The van der Waals surface area contributed by atoms with E-state index in [0.29, 0.717) is 27.5 Å². The summed E-state index contributed by atoms with van der Waals surface area (Å²) in [5.41, 5.74) is 1.86. The lowest BCUT2D eigenvalue weighted by molar-refractivity contribution is -0.117. The number of ether oxygens (including phenoxy) is 1. The van der Waals surface area contributed by atoms with Crippen molar-refractivity contribution in [2.75, 3.05) is 31.2 Å². The van der Waals surface area contributed by atoms with E-state index in [9.17, 15) is 9.18 Å². The summed E-state index contributed by atoms with van der Waals surface area (Å²) in [6.45, 7) is 0.298. The predicted octanol–water partition coefficient (Wildman–Crippen LogP) is 3.20. The van der Waals surface area contributed by atoms with Crippen molar-refractivity contribution in [1.82, 2.24) is 0 Å². The highest BCUT2D eigenvalue weighted by atomic mass is 35.5. The van der Waals surface area contributed by atoms with Gasteiger partial charge in [-0.25, -0.2) is 4.39 Å². The second-order valence-corrected chi connectivity index (χ2v) is 6.00. The van der Waals surface area contributed by atoms with Gasteiger partial charge in [0.1, 0.15) is 19.0 Å². The zero-order valence-electron chi connectivity index (χ0n) is 13.8. The van der Waals surface area contributed by atoms with Crippen LogP contribution in [0.2, 0.25) is 5.02 Å². The summed E-state index contributed by atoms with van der Waals surface area (Å²) in [6, 6.07) is 13.2. The summed E-state index contributed by atoms with van der Waals surface area (Å²) in [7, 11) is 0. The second kappa shape index (κ2) is 8.09. The molecule has 0 saturated carbocycles. The number of amides is 1. The van der Waals surface area contributed by atoms with Crippen LogP contribution in [0.5, 0.6) is 0 Å². The zero-order valence-corrected chi connectivity index (χ0v) is 14.5. The zero-order chi connectivity index (χ0) is 18.5. The molecule has 1 amide bonds. The van der Waals surface area contributed by atoms with Gasteiger partial charge in [0.05, 0.1) is 24.1 Å². The first kappa shape index (κ1) is 18.1. The molecule has 0 atom stereocenters. The molecule has 0 bridgehead atoms. The van der Waals surface area contributed by atoms with Crippen LogP contribution in [0.15, 0.2) is 47.5 Å². The standard InChI is InChI=1S/C19H15ClFN3O2/c20-13-5-6-17-15(11-13)19(14-3-1-2-4-16(14)21)23-12-18(25)24(17)8-10-26-9-7-22/h1-6,11H,8-10,12H2. The van der Waals surface area contributed by atoms with Crippen molar-refractivity contribution in [2.24, 2.45) is 4.99 Å². The Hall–Kier alpha value is -2.75. The van der Waals surface area contributed by atoms with Crippen molar-refractivity contribution in [1.29, 1.82) is 5.26 Å². The van der Waals surface area contributed by atoms with Crippen LogP contribution in [0.3, 0.4) is 0 Å². The van der Waals surface area contributed by atoms with Gasteiger partial charge in [0.25, 0.3) is 0 Å². The third kappa shape index (κ3) is 3.74. The van der Waals surface area contributed by atoms with Gasteiger partial charge in [-0.3, -0.25) is 9.79 Å². The maximum absolute atomic E-state index is 14.3. The van der Waals surface area contributed by atoms with Crippen molar-refractivity contribution in [3.8, 4) is 6.07 Å². The van der Waals surface area contributed by atoms with E-state index in [4.69, 9.17) is 21.6 Å². The van der Waals surface area contributed by atoms with Gasteiger partial charge in [-0.2, -0.15) is 5.26 Å². The number of halogens is 2. The van der Waals surface area contributed by atoms with E-state index in [1.165, 1.54) is 11.0 Å². The molecule has 132 valence electrons. The number of carbonyl (C=O) groups excluding carboxylic acids is 1. The number of carbonyl (C=O) groups is 1. The summed E-state index contributed by atoms with van der Waals surface area (Å²) in [5.74, 6) is -0.657. The van der Waals surface area contributed by atoms with Crippen LogP contribution in [0.1, 0.15) is 11.1 Å². The number of nitriles is 1. The Balaban J connectivity index is 2.04. The van der Waals surface area contributed by atoms with E-state index in [1.54, 1.807) is 36.4 Å². The molecule has 0 unspecified atom stereocenters. The molecule has 1 aliphatic heterocycles. The Bertz CT molecular complexity index is 908. The molecule has 0 fully saturated rings. The minimum Gasteiger partial charge on any atom is -0.365 e. The molecule has 1 aliphatic rings. The molecular weight excluding hydrogens is 357 g/mol. The van der Waals surface area contributed by atoms with Gasteiger partial charge < -0.3 is 9.64 Å². The number of benzene rings is 2. The molecule has 0 aliphatic carbocycles. The first-order valence-electron chi connectivity index (χ1n) is 7.96. The fourth-order valence-corrected chi connectivity index (χ4v) is 2.96. The number of hydrogen-bond donors (Lipinski definition) is 0. The number of aliphatic imine (C=N–C) groups is 1. The highest BCUT2D eigenvalue weighted by Gasteiger charge is 2.26. The van der Waals surface area contributed by atoms with Crippen LogP contribution in [0.4, 0.5) is 10.1 Å². The highest BCUT2D eigenvalue weighted by Crippen LogP contribution is 2.30. The molecule has 26 heavy (non-hydrogen) atoms. The highest BCUT2D eigenvalue weighted by molar-refractivity contribution is 6.32. The number of rotatable bonds is 5. The minimum absolute atomic E-state index is 0.0491. The van der Waals surface area contributed by atoms with Crippen LogP contribution in [-0.2, 0) is 9.53 Å². The molecule has 2 aromatic rings. The number of fused-ring (bicyclic) bond motifs is 1. The van der Waals surface area contributed by atoms with E-state index < -0.39 is 5.82 Å². The molecule has 2 aromatic carbocycles. The summed E-state index contributed by atoms with van der Waals surface area (Å²) in [4.78, 5) is 18.4. The number of hydrogen-bond acceptors (Lipinski definition) is 4. The fourth-order valence-electron chi connectivity index (χ4n) is 2.79. The molecule has 0 radical (unpaired) electrons. The van der Waals surface area contributed by atoms with Gasteiger partial charge in [-0.05, 0) is 30.3 Å². The molecule has 5 nitrogen and oxygen atoms in total. The monoisotopic (exact) mass is 371 g/mol. The van der Waals surface area contributed by atoms with E-state index >= 15 is 0 Å². The molecule has 0 aromatic heterocycles. The first-order chi connectivity index (χ1) is 12.6. The number of nitrogens with zero attached hydrogens (tertiary/aromatic N) is 3. The van der Waals surface area contributed by atoms with Crippen LogP contribution < -0.4 is 4.90 Å². The van der Waals surface area contributed by atoms with Gasteiger partial charge in [0, 0.05) is 22.7 Å². The van der Waals surface area contributed by atoms with Gasteiger partial charge in [-0.15, -0.1) is 0 Å². The summed E-state index contributed by atoms with van der Waals surface area (Å²) in [6.07, 6.45) is 0. The van der Waals surface area contributed by atoms with Gasteiger partial charge in [0.2, 0.25) is 5.91 Å². The minimum atomic E-state index is -0.421. The Labute approximate surface area is 155 Å². The average Bonchev–Trinajstić information content (AvgIpc) is 2.76. The van der Waals surface area contributed by atoms with E-state index in [-0.39, 0.29) is 32.2 Å². The number of benzodiazepines with no additional fused rings is 1. The molecule has 3 rings (SSSR count). The quantitative estimate of drug-likeness (QED) is 0.758. The Kier molecular flexibility index (Phi) is 5.61. The molecule has 0 spiro atoms. The smallest absolute Gasteiger partial charge is 0.248 e. The Morgan fingerprint density at radius 3 is 2.85 bits per heavy atom. The van der Waals surface area contributed by atoms with Crippen molar-refractivity contribution in [3.63, 3.8) is 0 Å². The van der Waals surface area contributed by atoms with Gasteiger partial charge >= 0.3 is 0 Å². The van der Waals surface area contributed by atoms with E-state index in [0.717, 1.165) is 0 Å². The van der Waals surface area contributed by atoms with Crippen molar-refractivity contribution >= 4 is 28.9 Å². The van der Waals surface area contributed by atoms with Crippen molar-refractivity contribution in [3.05, 3.63) is 64.4 Å². The third-order valence-corrected chi connectivity index (χ3v) is 4.17. The second-order valence-electron chi connectivity index (χ2n) is 5.56. The fraction of sp³-hybridized carbons (Fsp3) is 0.211. The Morgan fingerprint density at radius 1 is 1.27 bits per heavy atom. The van der Waals surface area contributed by atoms with Crippen LogP contribution in [0, 0.1) is 17.1 Å². The lowest BCUT2D eigenvalue weighted by atomic mass is 9.99. The van der Waals surface area contributed by atoms with Crippen molar-refractivity contribution in [2.45, 2.75) is 0 Å². The maximum atomic E-state index is 14.3. The molecule has 0 N–H and O–H groups in total. The lowest BCUT2D eigenvalue weighted by Gasteiger charge is -2.23. The SMILES string of the molecule is N#CCOCCN1C(=O)CN=C(c2ccccc2F)c2cc(Cl)ccc21. The molecule has 7 heteroatoms. The third-order valence-electron chi connectivity index (χ3n) is 3.93. The molecular formula is C19H15ClFN3O2. The van der Waals surface area contributed by atoms with Crippen LogP contribution >= 0.6 is 11.6 Å². The first-order valence-corrected chi connectivity index (χ1v) is 8.34. The lowest BCUT2D eigenvalue weighted by Crippen LogP contribution is -2.35. The largest absolute Gasteiger partial charge is 0.365 e. The normalized spacial score (nSPS) is 13.7. The maximum Gasteiger partial charge on any atom is 0.248 e. The number of anilines is 1. The Morgan fingerprint density at radius 2 is 2.08 bits per heavy atom. The average molecular weight is 372 g/mol. The van der Waals surface area contributed by atoms with Crippen molar-refractivity contribution < 1.29 is 13.9 Å². The summed E-state index contributed by atoms with van der Waals surface area (Å²) >= 11 is 6.14. The van der Waals surface area contributed by atoms with Crippen LogP contribution in [-0.4, -0.2) is 37.9 Å².